The first-order valence-corrected chi connectivity index (χ1v) is 21.6. The number of ether oxygens (including phenoxy) is 3. The van der Waals surface area contributed by atoms with E-state index < -0.39 is 57.1 Å². The van der Waals surface area contributed by atoms with Gasteiger partial charge in [0.15, 0.2) is 12.4 Å². The Kier molecular flexibility index (Phi) is 28.5. The summed E-state index contributed by atoms with van der Waals surface area (Å²) in [6, 6.07) is 0. The van der Waals surface area contributed by atoms with Crippen molar-refractivity contribution in [1.82, 2.24) is 0 Å². The normalized spacial score (nSPS) is 20.8. The summed E-state index contributed by atoms with van der Waals surface area (Å²) in [4.78, 5) is 43.0. The molecule has 52 heavy (non-hydrogen) atoms. The fraction of sp³-hybridized carbons (Fsp3) is 0.846. The average molecular weight is 763 g/mol. The Morgan fingerprint density at radius 2 is 1.37 bits per heavy atom. The monoisotopic (exact) mass is 762 g/mol. The van der Waals surface area contributed by atoms with Gasteiger partial charge in [-0.2, -0.15) is 0 Å². The van der Waals surface area contributed by atoms with Crippen molar-refractivity contribution in [2.75, 3.05) is 13.2 Å². The van der Waals surface area contributed by atoms with Crippen molar-refractivity contribution in [3.8, 4) is 0 Å². The fourth-order valence-electron chi connectivity index (χ4n) is 6.18. The molecule has 6 atom stereocenters. The molecule has 0 aromatic carbocycles. The van der Waals surface area contributed by atoms with Crippen molar-refractivity contribution in [1.29, 1.82) is 0 Å². The lowest BCUT2D eigenvalue weighted by Crippen LogP contribution is -2.43. The molecule has 0 radical (unpaired) electrons. The summed E-state index contributed by atoms with van der Waals surface area (Å²) in [5.41, 5.74) is 0. The maximum absolute atomic E-state index is 12.4. The van der Waals surface area contributed by atoms with E-state index in [-0.39, 0.29) is 31.8 Å². The zero-order chi connectivity index (χ0) is 38.5. The number of unbranched alkanes of at least 4 members (excludes halogenated alkanes) is 15. The van der Waals surface area contributed by atoms with E-state index in [0.717, 1.165) is 38.5 Å². The minimum atomic E-state index is -4.82. The van der Waals surface area contributed by atoms with Crippen molar-refractivity contribution in [2.24, 2.45) is 5.92 Å². The summed E-state index contributed by atoms with van der Waals surface area (Å²) in [7, 11) is -4.82. The highest BCUT2D eigenvalue weighted by molar-refractivity contribution is 7.46. The Balaban J connectivity index is 2.36. The number of aliphatic hydroxyl groups excluding tert-OH is 3. The predicted molar refractivity (Wildman–Crippen MR) is 201 cm³/mol. The molecule has 0 bridgehead atoms. The van der Waals surface area contributed by atoms with Crippen LogP contribution in [-0.4, -0.2) is 81.0 Å². The van der Waals surface area contributed by atoms with E-state index in [1.54, 1.807) is 12.2 Å². The quantitative estimate of drug-likeness (QED) is 0.0194. The zero-order valence-corrected chi connectivity index (χ0v) is 32.9. The third-order valence-electron chi connectivity index (χ3n) is 9.27. The van der Waals surface area contributed by atoms with Crippen LogP contribution >= 0.6 is 7.82 Å². The molecule has 0 aliphatic carbocycles. The minimum absolute atomic E-state index is 0.0754. The van der Waals surface area contributed by atoms with Gasteiger partial charge in [0.2, 0.25) is 0 Å². The standard InChI is InChI=1S/C39H71O12P/c1-3-5-7-8-9-10-11-12-13-14-15-16-22-26-38(43)50-33(31-49-52(45,46)47)30-48-37(42)25-21-18-17-20-24-34-35(41)29-39(44)51-36(34)28-27-32(40)23-19-6-4-2/h17,20,27-28,32-36,39-41,44H,3-16,18-19,21-26,29-31H2,1-2H3,(H2,45,46,47)/b20-17-,28-27+/t32-,33+,34-,35-,36+,39?/m0/s1. The van der Waals surface area contributed by atoms with Gasteiger partial charge in [0, 0.05) is 25.2 Å². The van der Waals surface area contributed by atoms with E-state index in [9.17, 15) is 29.5 Å². The first kappa shape index (κ1) is 48.4. The Morgan fingerprint density at radius 3 is 1.98 bits per heavy atom. The lowest BCUT2D eigenvalue weighted by atomic mass is 9.87. The van der Waals surface area contributed by atoms with Crippen LogP contribution in [0.15, 0.2) is 24.3 Å². The van der Waals surface area contributed by atoms with E-state index >= 15 is 0 Å². The summed E-state index contributed by atoms with van der Waals surface area (Å²) in [5, 5.41) is 30.8. The number of allylic oxidation sites excluding steroid dienone is 2. The van der Waals surface area contributed by atoms with Gasteiger partial charge in [0.25, 0.3) is 0 Å². The largest absolute Gasteiger partial charge is 0.469 e. The van der Waals surface area contributed by atoms with Crippen LogP contribution in [0.3, 0.4) is 0 Å². The summed E-state index contributed by atoms with van der Waals surface area (Å²) in [5.74, 6) is -1.38. The molecular weight excluding hydrogens is 691 g/mol. The highest BCUT2D eigenvalue weighted by Crippen LogP contribution is 2.36. The van der Waals surface area contributed by atoms with E-state index in [2.05, 4.69) is 18.4 Å². The van der Waals surface area contributed by atoms with E-state index in [4.69, 9.17) is 24.0 Å². The number of carbonyl (C=O) groups is 2. The number of phosphoric ester groups is 1. The lowest BCUT2D eigenvalue weighted by molar-refractivity contribution is -0.199. The summed E-state index contributed by atoms with van der Waals surface area (Å²) in [6.07, 6.45) is 23.8. The van der Waals surface area contributed by atoms with Crippen LogP contribution in [0.4, 0.5) is 0 Å². The number of phosphoric acid groups is 1. The topological polar surface area (TPSA) is 189 Å². The highest BCUT2D eigenvalue weighted by Gasteiger charge is 2.35. The molecule has 12 nitrogen and oxygen atoms in total. The molecule has 0 amide bonds. The molecule has 1 aliphatic heterocycles. The van der Waals surface area contributed by atoms with Gasteiger partial charge in [-0.3, -0.25) is 14.1 Å². The van der Waals surface area contributed by atoms with Gasteiger partial charge in [-0.15, -0.1) is 0 Å². The fourth-order valence-corrected chi connectivity index (χ4v) is 6.54. The first-order valence-electron chi connectivity index (χ1n) is 20.0. The minimum Gasteiger partial charge on any atom is -0.462 e. The Labute approximate surface area is 313 Å². The summed E-state index contributed by atoms with van der Waals surface area (Å²) < 4.78 is 32.0. The number of hydrogen-bond donors (Lipinski definition) is 5. The van der Waals surface area contributed by atoms with Crippen LogP contribution in [-0.2, 0) is 32.9 Å². The van der Waals surface area contributed by atoms with E-state index in [1.807, 2.05) is 12.2 Å². The molecule has 1 fully saturated rings. The lowest BCUT2D eigenvalue weighted by Gasteiger charge is -2.36. The Hall–Kier alpha value is -1.63. The molecule has 1 aliphatic rings. The second kappa shape index (κ2) is 30.7. The number of carbonyl (C=O) groups excluding carboxylic acids is 2. The van der Waals surface area contributed by atoms with Crippen molar-refractivity contribution < 1.29 is 58.0 Å². The molecule has 0 spiro atoms. The molecule has 0 aromatic rings. The molecule has 5 N–H and O–H groups in total. The molecule has 0 aromatic heterocycles. The van der Waals surface area contributed by atoms with Crippen molar-refractivity contribution in [3.05, 3.63) is 24.3 Å². The van der Waals surface area contributed by atoms with Crippen LogP contribution in [0.5, 0.6) is 0 Å². The Bertz CT molecular complexity index is 1020. The zero-order valence-electron chi connectivity index (χ0n) is 32.0. The predicted octanol–water partition coefficient (Wildman–Crippen LogP) is 7.73. The van der Waals surface area contributed by atoms with E-state index in [1.165, 1.54) is 57.8 Å². The van der Waals surface area contributed by atoms with Gasteiger partial charge in [-0.25, -0.2) is 4.57 Å². The smallest absolute Gasteiger partial charge is 0.462 e. The van der Waals surface area contributed by atoms with Crippen LogP contribution < -0.4 is 0 Å². The molecule has 304 valence electrons. The van der Waals surface area contributed by atoms with Gasteiger partial charge in [0.1, 0.15) is 6.61 Å². The number of esters is 2. The van der Waals surface area contributed by atoms with Gasteiger partial charge in [-0.05, 0) is 32.1 Å². The molecular formula is C39H71O12P. The number of hydrogen-bond acceptors (Lipinski definition) is 10. The first-order chi connectivity index (χ1) is 24.9. The van der Waals surface area contributed by atoms with Crippen LogP contribution in [0.25, 0.3) is 0 Å². The summed E-state index contributed by atoms with van der Waals surface area (Å²) >= 11 is 0. The maximum Gasteiger partial charge on any atom is 0.469 e. The third-order valence-corrected chi connectivity index (χ3v) is 9.75. The van der Waals surface area contributed by atoms with Gasteiger partial charge in [0.05, 0.1) is 24.9 Å². The summed E-state index contributed by atoms with van der Waals surface area (Å²) in [6.45, 7) is 3.34. The van der Waals surface area contributed by atoms with Gasteiger partial charge < -0.3 is 39.3 Å². The van der Waals surface area contributed by atoms with Crippen LogP contribution in [0.1, 0.15) is 162 Å². The molecule has 1 unspecified atom stereocenters. The van der Waals surface area contributed by atoms with Crippen LogP contribution in [0.2, 0.25) is 0 Å². The SMILES string of the molecule is CCCCCCCCCCCCCCCC(=O)O[C@H](COC(=O)CCC/C=C\C[C@H]1[C@@H](O)CC(O)O[C@@H]1/C=C/[C@@H](O)CCCCC)COP(=O)(O)O. The third kappa shape index (κ3) is 27.0. The van der Waals surface area contributed by atoms with Crippen molar-refractivity contribution >= 4 is 19.8 Å². The van der Waals surface area contributed by atoms with Crippen molar-refractivity contribution in [3.63, 3.8) is 0 Å². The second-order valence-electron chi connectivity index (χ2n) is 14.1. The molecule has 1 rings (SSSR count). The molecule has 0 saturated carbocycles. The molecule has 13 heteroatoms. The molecule has 1 heterocycles. The number of rotatable bonds is 32. The van der Waals surface area contributed by atoms with Gasteiger partial charge in [-0.1, -0.05) is 134 Å². The number of aliphatic hydroxyl groups is 3. The van der Waals surface area contributed by atoms with Crippen LogP contribution in [0, 0.1) is 5.92 Å². The maximum atomic E-state index is 12.4. The Morgan fingerprint density at radius 1 is 0.788 bits per heavy atom. The second-order valence-corrected chi connectivity index (χ2v) is 15.4. The highest BCUT2D eigenvalue weighted by atomic mass is 31.2. The van der Waals surface area contributed by atoms with Gasteiger partial charge >= 0.3 is 19.8 Å². The van der Waals surface area contributed by atoms with Crippen molar-refractivity contribution in [2.45, 2.75) is 192 Å². The average Bonchev–Trinajstić information content (AvgIpc) is 3.09. The van der Waals surface area contributed by atoms with E-state index in [0.29, 0.717) is 32.1 Å². The molecule has 1 saturated heterocycles.